The maximum absolute atomic E-state index is 13.6. The van der Waals surface area contributed by atoms with Crippen molar-refractivity contribution in [2.75, 3.05) is 170 Å². The van der Waals surface area contributed by atoms with Crippen molar-refractivity contribution in [2.45, 2.75) is 92.9 Å². The number of aromatic nitrogens is 7. The Labute approximate surface area is 764 Å². The number of alkyl halides is 2. The predicted octanol–water partition coefficient (Wildman–Crippen LogP) is 15.4. The average Bonchev–Trinajstić information content (AvgIpc) is 0.773. The molecule has 0 unspecified atom stereocenters. The molecule has 10 rings (SSSR count). The summed E-state index contributed by atoms with van der Waals surface area (Å²) in [5, 5.41) is 42.1. The first-order valence-corrected chi connectivity index (χ1v) is 48.4. The van der Waals surface area contributed by atoms with Crippen LogP contribution >= 0.6 is 23.2 Å². The quantitative estimate of drug-likeness (QED) is 0.00291. The van der Waals surface area contributed by atoms with Gasteiger partial charge in [-0.05, 0) is 37.6 Å². The van der Waals surface area contributed by atoms with Crippen molar-refractivity contribution in [3.63, 3.8) is 0 Å². The Morgan fingerprint density at radius 3 is 1.28 bits per heavy atom. The molecule has 2 bridgehead atoms. The summed E-state index contributed by atoms with van der Waals surface area (Å²) in [7, 11) is 21.5. The molecule has 3 saturated heterocycles. The van der Waals surface area contributed by atoms with E-state index in [-0.39, 0.29) is 91.3 Å². The Morgan fingerprint density at radius 2 is 0.915 bits per heavy atom. The molecule has 130 heavy (non-hydrogen) atoms. The first-order chi connectivity index (χ1) is 61.4. The predicted molar refractivity (Wildman–Crippen MR) is 483 cm³/mol. The SMILES string of the molecule is C=C(OCC)c1nc(OC)ccc1[N+](=O)[O-].C=[C](OCC)[Sn]([CH2]CCC)([CH2]CCC)[CH2]CCC.COC(OC)N(C)C.COc1ccc(N)c(C(=O)/C(F)=C/N(C)C)n1.COc1ccc([N+](=O)[O-])c(C(=O)/C(F)=C/N(C)C)n1.COc1ccc([N+](=O)[O-])c(C(=O)CF)n1.COc1ccc([N+](=O)[O-])c(Cl)n1.COc1ccc2[nH]cc(F)c(=O)c2n1.F[N+]12CC[N+](CCl)(CC1)CC2. The molecule has 7 aromatic heterocycles. The third-order valence-electron chi connectivity index (χ3n) is 18.5. The Hall–Kier alpha value is -11.7. The summed E-state index contributed by atoms with van der Waals surface area (Å²) < 4.78 is 121. The molecule has 718 valence electrons. The minimum absolute atomic E-state index is 0.00777. The van der Waals surface area contributed by atoms with E-state index in [4.69, 9.17) is 71.6 Å². The molecule has 0 spiro atoms. The number of pyridine rings is 7. The van der Waals surface area contributed by atoms with Crippen LogP contribution in [-0.4, -0.2) is 285 Å². The van der Waals surface area contributed by atoms with Gasteiger partial charge < -0.3 is 63.1 Å². The maximum atomic E-state index is 13.6. The van der Waals surface area contributed by atoms with Crippen LogP contribution in [0, 0.1) is 46.3 Å². The summed E-state index contributed by atoms with van der Waals surface area (Å²) in [6, 6.07) is 16.7. The number of unbranched alkanes of at least 4 members (excludes halogenated alkanes) is 3. The van der Waals surface area contributed by atoms with Gasteiger partial charge >= 0.3 is 125 Å². The molecule has 3 fully saturated rings. The summed E-state index contributed by atoms with van der Waals surface area (Å²) in [6.07, 6.45) is 10.9. The van der Waals surface area contributed by atoms with Gasteiger partial charge in [0.2, 0.25) is 69.6 Å². The van der Waals surface area contributed by atoms with Gasteiger partial charge in [-0.1, -0.05) is 29.8 Å². The smallest absolute Gasteiger partial charge is 0.306 e. The molecule has 0 amide bonds. The van der Waals surface area contributed by atoms with Crippen LogP contribution in [0.2, 0.25) is 18.5 Å². The number of quaternary nitrogens is 2. The zero-order valence-electron chi connectivity index (χ0n) is 76.5. The number of rotatable bonds is 37. The molecule has 0 aliphatic carbocycles. The normalized spacial score (nSPS) is 13.9. The maximum Gasteiger partial charge on any atom is 0.306 e. The van der Waals surface area contributed by atoms with Crippen LogP contribution < -0.4 is 39.6 Å². The van der Waals surface area contributed by atoms with E-state index in [9.17, 15) is 81.7 Å². The number of aromatic amines is 1. The molecule has 7 aromatic rings. The second-order valence-corrected chi connectivity index (χ2v) is 42.1. The second kappa shape index (κ2) is 60.2. The number of carbonyl (C=O) groups excluding carboxylic acids is 3. The van der Waals surface area contributed by atoms with E-state index >= 15 is 0 Å². The number of nitrogens with two attached hydrogens (primary N) is 1. The number of nitrogens with zero attached hydrogens (tertiary/aromatic N) is 15. The number of H-pyrrole nitrogens is 1. The third kappa shape index (κ3) is 38.5. The molecule has 0 atom stereocenters. The summed E-state index contributed by atoms with van der Waals surface area (Å²) in [5.41, 5.74) is 2.81. The number of nitrogens with one attached hydrogen (secondary N) is 1. The molecule has 0 radical (unpaired) electrons. The molecule has 0 aromatic carbocycles. The molecule has 10 heterocycles. The molecule has 47 heteroatoms. The molecular formula is C83H118Cl2F5N17O22Sn+2. The number of nitro groups is 4. The van der Waals surface area contributed by atoms with E-state index in [2.05, 4.69) is 80.5 Å². The standard InChI is InChI=1S/C11H12FN3O4.C11H14FN3O2.C10H12N2O4.C9H7FN2O2.C8H7FN2O4.C7H14ClFN2.C6H5ClN2O3.C5H13NO2.C4H7O.3C4H9.Sn/c1-14(2)6-7(12)11(16)10-8(15(17)18)4-5-9(13-10)19-3;1-15(2)6-7(12)11(16)10-8(13)4-5-9(14-10)17-3;1-4-16-7(2)10-8(12(13)14)5-6-9(11-10)15-3;1-14-7-3-2-6-8(12-7)9(13)5(10)4-11-6;1-15-7-3-2-5(11(13)14)8(10-7)6(12)4-9;8-7-10-1-4-11(9,5-2-10)6-3-10;1-12-5-3-2-4(9(10)11)6(7)8-5;1-6(2)5(7-3)8-4;1-3-5-4-2;3*1-3-4-2;/h4-6H,1-3H3;4-6H,13H2,1-3H3;5-6H,2,4H2,1,3H3;2-4H,1H3,(H,11,13);2-3H,4H2,1H3;1-7H2;2-3H,1H3;5H,1-4H3;1,4H2,2H3;3*1,3-4H2,2H3;/q;;;;;+2;;;;;;;/b2*7-6-;;;;;;;;;;;. The van der Waals surface area contributed by atoms with Crippen molar-refractivity contribution < 1.29 is 113 Å². The van der Waals surface area contributed by atoms with Crippen molar-refractivity contribution >= 4 is 104 Å². The van der Waals surface area contributed by atoms with Crippen molar-refractivity contribution in [1.29, 1.82) is 0 Å². The third-order valence-corrected chi connectivity index (χ3v) is 34.3. The molecule has 3 aliphatic rings. The number of allylic oxidation sites excluding steroid dienone is 2. The van der Waals surface area contributed by atoms with Crippen LogP contribution in [0.25, 0.3) is 16.8 Å². The first-order valence-electron chi connectivity index (χ1n) is 40.0. The van der Waals surface area contributed by atoms with Crippen LogP contribution in [0.3, 0.4) is 0 Å². The van der Waals surface area contributed by atoms with Crippen LogP contribution in [0.5, 0.6) is 35.3 Å². The number of anilines is 1. The number of nitrogen functional groups attached to an aromatic ring is 1. The Bertz CT molecular complexity index is 4920. The van der Waals surface area contributed by atoms with Gasteiger partial charge in [-0.2, -0.15) is 4.98 Å². The number of halogens is 7. The first kappa shape index (κ1) is 116. The molecule has 3 aliphatic heterocycles. The zero-order chi connectivity index (χ0) is 98.8. The Kier molecular flexibility index (Phi) is 53.9. The van der Waals surface area contributed by atoms with E-state index in [0.29, 0.717) is 37.8 Å². The van der Waals surface area contributed by atoms with Crippen LogP contribution in [-0.2, 0) is 18.9 Å². The molecule has 3 N–H and O–H groups in total. The fourth-order valence-electron chi connectivity index (χ4n) is 11.5. The van der Waals surface area contributed by atoms with E-state index in [1.165, 1.54) is 171 Å². The van der Waals surface area contributed by atoms with Gasteiger partial charge in [0.1, 0.15) is 36.6 Å². The van der Waals surface area contributed by atoms with Gasteiger partial charge in [0.05, 0.1) is 80.2 Å². The molecule has 0 saturated carbocycles. The van der Waals surface area contributed by atoms with E-state index in [1.54, 1.807) is 47.4 Å². The van der Waals surface area contributed by atoms with Crippen molar-refractivity contribution in [3.8, 4) is 35.3 Å². The number of hydrogen-bond acceptors (Lipinski definition) is 32. The minimum Gasteiger partial charge on any atom is -0.481 e. The van der Waals surface area contributed by atoms with Crippen LogP contribution in [0.15, 0.2) is 125 Å². The number of carbonyl (C=O) groups is 3. The summed E-state index contributed by atoms with van der Waals surface area (Å²) in [5.74, 6) is -4.79. The van der Waals surface area contributed by atoms with Gasteiger partial charge in [0, 0.05) is 122 Å². The second-order valence-electron chi connectivity index (χ2n) is 28.3. The van der Waals surface area contributed by atoms with E-state index < -0.39 is 108 Å². The number of ketones is 3. The topological polar surface area (TPSA) is 462 Å². The van der Waals surface area contributed by atoms with Crippen molar-refractivity contribution in [1.82, 2.24) is 49.6 Å². The Morgan fingerprint density at radius 1 is 0.554 bits per heavy atom. The summed E-state index contributed by atoms with van der Waals surface area (Å²) in [6.45, 7) is 23.4. The monoisotopic (exact) mass is 1990 g/mol. The average molecular weight is 1990 g/mol. The number of methoxy groups -OCH3 is 8. The van der Waals surface area contributed by atoms with Gasteiger partial charge in [-0.25, -0.2) is 42.5 Å². The molecule has 39 nitrogen and oxygen atoms in total. The Balaban J connectivity index is 0.000000737. The summed E-state index contributed by atoms with van der Waals surface area (Å²) in [4.78, 5) is 115. The number of ether oxygens (including phenoxy) is 10. The number of Topliss-reactive ketones (excluding diaryl/α,β-unsaturated/α-hetero) is 3. The zero-order valence-corrected chi connectivity index (χ0v) is 80.9. The largest absolute Gasteiger partial charge is 0.481 e. The number of hydrogen-bond donors (Lipinski definition) is 2. The van der Waals surface area contributed by atoms with Gasteiger partial charge in [0.25, 0.3) is 17.1 Å². The number of fused-ring (bicyclic) bond motifs is 4. The fraction of sp³-hybridized carbons (Fsp3) is 0.470. The molecular weight excluding hydrogens is 1870 g/mol. The van der Waals surface area contributed by atoms with Gasteiger partial charge in [0.15, 0.2) is 66.9 Å². The van der Waals surface area contributed by atoms with E-state index in [0.717, 1.165) is 61.5 Å². The van der Waals surface area contributed by atoms with Gasteiger partial charge in [-0.15, -0.1) is 4.71 Å². The van der Waals surface area contributed by atoms with Crippen molar-refractivity contribution in [2.24, 2.45) is 0 Å². The summed E-state index contributed by atoms with van der Waals surface area (Å²) >= 11 is 9.08. The van der Waals surface area contributed by atoms with Crippen molar-refractivity contribution in [3.05, 3.63) is 204 Å². The fourth-order valence-corrected chi connectivity index (χ4v) is 26.8. The van der Waals surface area contributed by atoms with E-state index in [1.807, 2.05) is 19.0 Å². The number of piperazine rings is 3. The van der Waals surface area contributed by atoms with Gasteiger partial charge in [-0.3, -0.25) is 69.0 Å². The van der Waals surface area contributed by atoms with Crippen LogP contribution in [0.4, 0.5) is 50.5 Å². The minimum atomic E-state index is -2.24. The van der Waals surface area contributed by atoms with Crippen LogP contribution in [0.1, 0.15) is 110 Å².